The Morgan fingerprint density at radius 1 is 1.12 bits per heavy atom. The summed E-state index contributed by atoms with van der Waals surface area (Å²) in [6.45, 7) is 8.76. The van der Waals surface area contributed by atoms with Crippen molar-refractivity contribution in [2.75, 3.05) is 23.3 Å². The van der Waals surface area contributed by atoms with Crippen LogP contribution >= 0.6 is 0 Å². The molecule has 5 heteroatoms. The van der Waals surface area contributed by atoms with Crippen LogP contribution in [-0.4, -0.2) is 18.0 Å². The highest BCUT2D eigenvalue weighted by Gasteiger charge is 2.23. The lowest BCUT2D eigenvalue weighted by Crippen LogP contribution is -2.33. The van der Waals surface area contributed by atoms with Crippen LogP contribution in [0.2, 0.25) is 0 Å². The molecular weight excluding hydrogens is 326 g/mol. The molecule has 2 aromatic carbocycles. The molecule has 2 aromatic rings. The fourth-order valence-electron chi connectivity index (χ4n) is 3.40. The maximum Gasteiger partial charge on any atom is 0.292 e. The number of piperidine rings is 1. The van der Waals surface area contributed by atoms with Crippen molar-refractivity contribution in [3.63, 3.8) is 0 Å². The molecule has 0 bridgehead atoms. The van der Waals surface area contributed by atoms with Gasteiger partial charge in [0.15, 0.2) is 0 Å². The minimum atomic E-state index is -0.257. The maximum absolute atomic E-state index is 11.6. The summed E-state index contributed by atoms with van der Waals surface area (Å²) in [7, 11) is 0. The van der Waals surface area contributed by atoms with E-state index in [4.69, 9.17) is 0 Å². The second-order valence-corrected chi connectivity index (χ2v) is 7.40. The Hall–Kier alpha value is -2.56. The van der Waals surface area contributed by atoms with Gasteiger partial charge >= 0.3 is 0 Å². The molecule has 0 unspecified atom stereocenters. The second-order valence-electron chi connectivity index (χ2n) is 7.40. The molecule has 0 amide bonds. The molecule has 138 valence electrons. The van der Waals surface area contributed by atoms with Crippen LogP contribution in [-0.2, 0) is 6.54 Å². The molecule has 1 saturated heterocycles. The molecule has 5 nitrogen and oxygen atoms in total. The number of hydrogen-bond acceptors (Lipinski definition) is 4. The van der Waals surface area contributed by atoms with Crippen LogP contribution in [0.25, 0.3) is 0 Å². The Morgan fingerprint density at radius 2 is 1.85 bits per heavy atom. The average Bonchev–Trinajstić information content (AvgIpc) is 2.63. The van der Waals surface area contributed by atoms with Crippen LogP contribution in [0.1, 0.15) is 36.5 Å². The molecule has 0 spiro atoms. The smallest absolute Gasteiger partial charge is 0.292 e. The van der Waals surface area contributed by atoms with Crippen LogP contribution in [0.3, 0.4) is 0 Å². The van der Waals surface area contributed by atoms with Crippen LogP contribution in [0, 0.1) is 29.9 Å². The van der Waals surface area contributed by atoms with E-state index in [2.05, 4.69) is 43.1 Å². The third kappa shape index (κ3) is 4.15. The first-order valence-electron chi connectivity index (χ1n) is 9.27. The topological polar surface area (TPSA) is 58.4 Å². The molecule has 0 radical (unpaired) electrons. The fraction of sp³-hybridized carbons (Fsp3) is 0.429. The van der Waals surface area contributed by atoms with Gasteiger partial charge in [-0.3, -0.25) is 10.1 Å². The lowest BCUT2D eigenvalue weighted by Gasteiger charge is -2.31. The van der Waals surface area contributed by atoms with Crippen LogP contribution in [0.15, 0.2) is 36.4 Å². The molecule has 0 aromatic heterocycles. The number of nitrogens with one attached hydrogen (secondary N) is 1. The van der Waals surface area contributed by atoms with Crippen LogP contribution in [0.5, 0.6) is 0 Å². The summed E-state index contributed by atoms with van der Waals surface area (Å²) in [6.07, 6.45) is 2.18. The monoisotopic (exact) mass is 353 g/mol. The molecule has 1 heterocycles. The third-order valence-electron chi connectivity index (χ3n) is 5.36. The van der Waals surface area contributed by atoms with Crippen molar-refractivity contribution in [2.45, 2.75) is 40.2 Å². The quantitative estimate of drug-likeness (QED) is 0.603. The Labute approximate surface area is 155 Å². The predicted molar refractivity (Wildman–Crippen MR) is 107 cm³/mol. The first kappa shape index (κ1) is 18.2. The molecule has 3 rings (SSSR count). The van der Waals surface area contributed by atoms with Gasteiger partial charge in [0.1, 0.15) is 5.69 Å². The number of rotatable bonds is 5. The minimum absolute atomic E-state index is 0.207. The summed E-state index contributed by atoms with van der Waals surface area (Å²) >= 11 is 0. The van der Waals surface area contributed by atoms with Crippen molar-refractivity contribution >= 4 is 17.1 Å². The van der Waals surface area contributed by atoms with Gasteiger partial charge in [-0.1, -0.05) is 19.1 Å². The van der Waals surface area contributed by atoms with Gasteiger partial charge in [-0.25, -0.2) is 0 Å². The Kier molecular flexibility index (Phi) is 5.45. The van der Waals surface area contributed by atoms with E-state index in [1.807, 2.05) is 18.2 Å². The summed E-state index contributed by atoms with van der Waals surface area (Å²) in [5.41, 5.74) is 5.40. The zero-order valence-corrected chi connectivity index (χ0v) is 15.8. The first-order valence-corrected chi connectivity index (χ1v) is 9.27. The molecular formula is C21H27N3O2. The highest BCUT2D eigenvalue weighted by molar-refractivity contribution is 5.65. The number of nitro benzene ring substituents is 1. The van der Waals surface area contributed by atoms with E-state index in [1.165, 1.54) is 11.1 Å². The second kappa shape index (κ2) is 7.77. The zero-order chi connectivity index (χ0) is 18.7. The number of benzene rings is 2. The van der Waals surface area contributed by atoms with Gasteiger partial charge in [-0.05, 0) is 67.5 Å². The van der Waals surface area contributed by atoms with E-state index in [0.29, 0.717) is 12.5 Å². The first-order chi connectivity index (χ1) is 12.4. The molecule has 1 fully saturated rings. The Balaban J connectivity index is 1.75. The molecule has 26 heavy (non-hydrogen) atoms. The van der Waals surface area contributed by atoms with Crippen LogP contribution < -0.4 is 10.2 Å². The summed E-state index contributed by atoms with van der Waals surface area (Å²) in [5.74, 6) is 0.701. The van der Waals surface area contributed by atoms with Gasteiger partial charge in [0.2, 0.25) is 0 Å². The van der Waals surface area contributed by atoms with E-state index in [9.17, 15) is 10.1 Å². The maximum atomic E-state index is 11.6. The Bertz CT molecular complexity index is 796. The van der Waals surface area contributed by atoms with Gasteiger partial charge in [0, 0.05) is 31.4 Å². The van der Waals surface area contributed by atoms with E-state index >= 15 is 0 Å². The van der Waals surface area contributed by atoms with Crippen molar-refractivity contribution in [3.8, 4) is 0 Å². The predicted octanol–water partition coefficient (Wildman–Crippen LogP) is 5.06. The van der Waals surface area contributed by atoms with E-state index in [0.717, 1.165) is 42.9 Å². The van der Waals surface area contributed by atoms with Crippen LogP contribution in [0.4, 0.5) is 17.1 Å². The van der Waals surface area contributed by atoms with Crippen molar-refractivity contribution in [1.29, 1.82) is 0 Å². The summed E-state index contributed by atoms with van der Waals surface area (Å²) in [6, 6.07) is 11.8. The number of aryl methyl sites for hydroxylation is 2. The number of hydrogen-bond donors (Lipinski definition) is 1. The highest BCUT2D eigenvalue weighted by Crippen LogP contribution is 2.32. The van der Waals surface area contributed by atoms with E-state index in [-0.39, 0.29) is 10.6 Å². The minimum Gasteiger partial charge on any atom is -0.381 e. The Morgan fingerprint density at radius 3 is 2.50 bits per heavy atom. The number of anilines is 2. The normalized spacial score (nSPS) is 15.1. The van der Waals surface area contributed by atoms with Gasteiger partial charge < -0.3 is 10.2 Å². The number of nitrogens with zero attached hydrogens (tertiary/aromatic N) is 2. The zero-order valence-electron chi connectivity index (χ0n) is 15.8. The summed E-state index contributed by atoms with van der Waals surface area (Å²) < 4.78 is 0. The lowest BCUT2D eigenvalue weighted by molar-refractivity contribution is -0.384. The third-order valence-corrected chi connectivity index (χ3v) is 5.36. The fourth-order valence-corrected chi connectivity index (χ4v) is 3.40. The molecule has 1 aliphatic heterocycles. The molecule has 1 N–H and O–H groups in total. The molecule has 0 saturated carbocycles. The summed E-state index contributed by atoms with van der Waals surface area (Å²) in [4.78, 5) is 13.5. The van der Waals surface area contributed by atoms with Gasteiger partial charge in [-0.2, -0.15) is 0 Å². The lowest BCUT2D eigenvalue weighted by atomic mass is 9.98. The van der Waals surface area contributed by atoms with Gasteiger partial charge in [-0.15, -0.1) is 0 Å². The van der Waals surface area contributed by atoms with E-state index < -0.39 is 0 Å². The van der Waals surface area contributed by atoms with Gasteiger partial charge in [0.05, 0.1) is 4.92 Å². The largest absolute Gasteiger partial charge is 0.381 e. The highest BCUT2D eigenvalue weighted by atomic mass is 16.6. The molecule has 0 aliphatic carbocycles. The summed E-state index contributed by atoms with van der Waals surface area (Å²) in [5, 5.41) is 15.0. The van der Waals surface area contributed by atoms with Crippen molar-refractivity contribution in [2.24, 2.45) is 5.92 Å². The van der Waals surface area contributed by atoms with Crippen molar-refractivity contribution in [3.05, 3.63) is 63.2 Å². The van der Waals surface area contributed by atoms with Crippen molar-refractivity contribution < 1.29 is 4.92 Å². The standard InChI is InChI=1S/C21H27N3O2/c1-15-8-10-23(11-9-15)20-7-5-18(13-21(20)24(25)26)14-22-19-6-4-16(2)17(3)12-19/h4-7,12-13,15,22H,8-11,14H2,1-3H3. The van der Waals surface area contributed by atoms with Crippen molar-refractivity contribution in [1.82, 2.24) is 0 Å². The SMILES string of the molecule is Cc1ccc(NCc2ccc(N3CCC(C)CC3)c([N+](=O)[O-])c2)cc1C. The molecule has 0 atom stereocenters. The average molecular weight is 353 g/mol. The number of nitro groups is 1. The van der Waals surface area contributed by atoms with E-state index in [1.54, 1.807) is 6.07 Å². The molecule has 1 aliphatic rings. The van der Waals surface area contributed by atoms with Gasteiger partial charge in [0.25, 0.3) is 5.69 Å².